The van der Waals surface area contributed by atoms with Gasteiger partial charge in [0.25, 0.3) is 0 Å². The van der Waals surface area contributed by atoms with Crippen LogP contribution < -0.4 is 80.9 Å². The molecule has 0 spiro atoms. The van der Waals surface area contributed by atoms with Gasteiger partial charge in [-0.25, -0.2) is 0 Å². The SMILES string of the molecule is CC[C@H](C)[C@H](N)C(=O)[O-].NCCNCCNCCN.O.[Co+3].[I-].[I-]. The number of aliphatic carboxylic acids is 1. The summed E-state index contributed by atoms with van der Waals surface area (Å²) in [5.74, 6) is -1.15. The number of halogens is 2. The molecule has 11 heteroatoms. The standard InChI is InChI=1S/C6H18N4.C6H13NO2.Co.2HI.H2O/c7-1-3-9-5-6-10-4-2-8;1-3-4(2)5(7)6(8)9;;;;/h9-10H,1-8H2;4-5H,3,7H2,1-2H3,(H,8,9);;2*1H;1H2/q;;+3;;;/p-3/t;4-,5-;;;;/m.0..../s1. The first-order chi connectivity index (χ1) is 9.01. The molecule has 0 saturated carbocycles. The molecule has 2 atom stereocenters. The normalized spacial score (nSPS) is 11.0. The van der Waals surface area contributed by atoms with Crippen LogP contribution in [0.4, 0.5) is 0 Å². The van der Waals surface area contributed by atoms with Gasteiger partial charge in [-0.15, -0.1) is 0 Å². The topological polar surface area (TPSA) is 174 Å². The second-order valence-corrected chi connectivity index (χ2v) is 4.31. The zero-order chi connectivity index (χ0) is 15.1. The van der Waals surface area contributed by atoms with E-state index in [0.29, 0.717) is 13.1 Å². The van der Waals surface area contributed by atoms with Crippen molar-refractivity contribution in [1.29, 1.82) is 0 Å². The summed E-state index contributed by atoms with van der Waals surface area (Å²) in [7, 11) is 0. The summed E-state index contributed by atoms with van der Waals surface area (Å²) in [5.41, 5.74) is 15.7. The number of carboxylic acids is 1. The van der Waals surface area contributed by atoms with Crippen molar-refractivity contribution in [3.63, 3.8) is 0 Å². The molecule has 0 fully saturated rings. The molecule has 0 heterocycles. The van der Waals surface area contributed by atoms with E-state index in [9.17, 15) is 9.90 Å². The molecule has 0 rings (SSSR count). The van der Waals surface area contributed by atoms with Crippen LogP contribution in [0.1, 0.15) is 20.3 Å². The van der Waals surface area contributed by atoms with Crippen molar-refractivity contribution >= 4 is 5.97 Å². The van der Waals surface area contributed by atoms with Crippen LogP contribution in [0, 0.1) is 5.92 Å². The Morgan fingerprint density at radius 2 is 1.39 bits per heavy atom. The maximum Gasteiger partial charge on any atom is 3.00 e. The molecule has 0 radical (unpaired) electrons. The van der Waals surface area contributed by atoms with Crippen LogP contribution >= 0.6 is 0 Å². The minimum atomic E-state index is -1.16. The third kappa shape index (κ3) is 31.5. The number of hydrogen-bond acceptors (Lipinski definition) is 7. The second-order valence-electron chi connectivity index (χ2n) is 4.31. The Hall–Kier alpha value is 1.20. The van der Waals surface area contributed by atoms with Gasteiger partial charge in [-0.3, -0.25) is 0 Å². The molecule has 0 aliphatic carbocycles. The average Bonchev–Trinajstić information content (AvgIpc) is 2.41. The summed E-state index contributed by atoms with van der Waals surface area (Å²) >= 11 is 0. The van der Waals surface area contributed by atoms with E-state index in [2.05, 4.69) is 10.6 Å². The predicted octanol–water partition coefficient (Wildman–Crippen LogP) is -9.63. The number of nitrogens with one attached hydrogen (secondary N) is 2. The minimum absolute atomic E-state index is 0. The first kappa shape index (κ1) is 39.3. The molecule has 0 unspecified atom stereocenters. The van der Waals surface area contributed by atoms with E-state index in [4.69, 9.17) is 17.2 Å². The van der Waals surface area contributed by atoms with E-state index < -0.39 is 12.0 Å². The average molecular weight is 607 g/mol. The summed E-state index contributed by atoms with van der Waals surface area (Å²) in [6, 6.07) is -0.810. The molecular formula is C12H32CoI2N5O3. The van der Waals surface area contributed by atoms with Gasteiger partial charge in [0, 0.05) is 45.3 Å². The molecule has 23 heavy (non-hydrogen) atoms. The third-order valence-electron chi connectivity index (χ3n) is 2.65. The van der Waals surface area contributed by atoms with Gasteiger partial charge in [0.2, 0.25) is 0 Å². The number of nitrogens with two attached hydrogens (primary N) is 3. The van der Waals surface area contributed by atoms with Crippen molar-refractivity contribution in [2.45, 2.75) is 26.3 Å². The van der Waals surface area contributed by atoms with E-state index in [1.165, 1.54) is 0 Å². The molecule has 0 bridgehead atoms. The summed E-state index contributed by atoms with van der Waals surface area (Å²) in [6.45, 7) is 8.82. The van der Waals surface area contributed by atoms with Gasteiger partial charge in [0.05, 0.1) is 5.97 Å². The third-order valence-corrected chi connectivity index (χ3v) is 2.65. The van der Waals surface area contributed by atoms with E-state index in [-0.39, 0.29) is 76.1 Å². The van der Waals surface area contributed by atoms with Crippen LogP contribution in [-0.4, -0.2) is 56.8 Å². The molecular weight excluding hydrogens is 575 g/mol. The van der Waals surface area contributed by atoms with Gasteiger partial charge in [0.1, 0.15) is 0 Å². The predicted molar refractivity (Wildman–Crippen MR) is 79.9 cm³/mol. The van der Waals surface area contributed by atoms with Gasteiger partial charge >= 0.3 is 16.8 Å². The first-order valence-electron chi connectivity index (χ1n) is 6.79. The number of hydrogen-bond donors (Lipinski definition) is 5. The number of carbonyl (C=O) groups is 1. The molecule has 8 nitrogen and oxygen atoms in total. The van der Waals surface area contributed by atoms with Gasteiger partial charge < -0.3 is 91.2 Å². The Morgan fingerprint density at radius 3 is 1.57 bits per heavy atom. The first-order valence-corrected chi connectivity index (χ1v) is 6.79. The fourth-order valence-corrected chi connectivity index (χ4v) is 1.12. The Labute approximate surface area is 184 Å². The number of carboxylic acid groups (broad SMARTS) is 1. The van der Waals surface area contributed by atoms with Gasteiger partial charge in [-0.05, 0) is 5.92 Å². The maximum atomic E-state index is 10.1. The van der Waals surface area contributed by atoms with Crippen LogP contribution in [-0.2, 0) is 21.6 Å². The Balaban J connectivity index is -0.0000000537. The fourth-order valence-electron chi connectivity index (χ4n) is 1.12. The molecule has 0 aliphatic heterocycles. The molecule has 10 N–H and O–H groups in total. The van der Waals surface area contributed by atoms with Crippen molar-refractivity contribution in [1.82, 2.24) is 10.6 Å². The van der Waals surface area contributed by atoms with Crippen LogP contribution in [0.5, 0.6) is 0 Å². The van der Waals surface area contributed by atoms with E-state index in [1.807, 2.05) is 6.92 Å². The van der Waals surface area contributed by atoms with E-state index in [0.717, 1.165) is 32.6 Å². The van der Waals surface area contributed by atoms with E-state index >= 15 is 0 Å². The zero-order valence-corrected chi connectivity index (χ0v) is 19.1. The molecule has 146 valence electrons. The molecule has 0 aliphatic rings. The van der Waals surface area contributed by atoms with Crippen LogP contribution in [0.3, 0.4) is 0 Å². The Kier molecular flexibility index (Phi) is 53.0. The van der Waals surface area contributed by atoms with Gasteiger partial charge in [-0.1, -0.05) is 20.3 Å². The number of rotatable bonds is 10. The Morgan fingerprint density at radius 1 is 1.04 bits per heavy atom. The molecule has 0 amide bonds. The monoisotopic (exact) mass is 607 g/mol. The molecule has 0 saturated heterocycles. The van der Waals surface area contributed by atoms with Crippen LogP contribution in [0.25, 0.3) is 0 Å². The summed E-state index contributed by atoms with van der Waals surface area (Å²) < 4.78 is 0. The second kappa shape index (κ2) is 31.0. The van der Waals surface area contributed by atoms with Crippen molar-refractivity contribution in [2.75, 3.05) is 39.3 Å². The smallest absolute Gasteiger partial charge is 1.00 e. The van der Waals surface area contributed by atoms with E-state index in [1.54, 1.807) is 6.92 Å². The van der Waals surface area contributed by atoms with Crippen molar-refractivity contribution in [3.05, 3.63) is 0 Å². The van der Waals surface area contributed by atoms with Gasteiger partial charge in [0.15, 0.2) is 0 Å². The van der Waals surface area contributed by atoms with Crippen LogP contribution in [0.2, 0.25) is 0 Å². The van der Waals surface area contributed by atoms with Crippen molar-refractivity contribution < 1.29 is 80.1 Å². The van der Waals surface area contributed by atoms with Gasteiger partial charge in [-0.2, -0.15) is 0 Å². The molecule has 0 aromatic rings. The maximum absolute atomic E-state index is 10.1. The molecule has 0 aromatic heterocycles. The minimum Gasteiger partial charge on any atom is -1.00 e. The fraction of sp³-hybridized carbons (Fsp3) is 0.917. The van der Waals surface area contributed by atoms with Crippen LogP contribution in [0.15, 0.2) is 0 Å². The van der Waals surface area contributed by atoms with Crippen molar-refractivity contribution in [3.8, 4) is 0 Å². The largest absolute Gasteiger partial charge is 3.00 e. The number of carbonyl (C=O) groups excluding carboxylic acids is 1. The molecule has 0 aromatic carbocycles. The zero-order valence-electron chi connectivity index (χ0n) is 13.7. The summed E-state index contributed by atoms with van der Waals surface area (Å²) in [5, 5.41) is 16.4. The summed E-state index contributed by atoms with van der Waals surface area (Å²) in [6.07, 6.45) is 0.773. The van der Waals surface area contributed by atoms with Crippen molar-refractivity contribution in [2.24, 2.45) is 23.1 Å². The summed E-state index contributed by atoms with van der Waals surface area (Å²) in [4.78, 5) is 10.1. The Bertz CT molecular complexity index is 215. The quantitative estimate of drug-likeness (QED) is 0.121.